The molecule has 0 amide bonds. The first-order valence-corrected chi connectivity index (χ1v) is 10.0. The van der Waals surface area contributed by atoms with Gasteiger partial charge in [-0.1, -0.05) is 0 Å². The van der Waals surface area contributed by atoms with Crippen molar-refractivity contribution in [1.82, 2.24) is 9.29 Å². The second-order valence-corrected chi connectivity index (χ2v) is 10.2. The highest BCUT2D eigenvalue weighted by Crippen LogP contribution is 2.46. The second-order valence-electron chi connectivity index (χ2n) is 5.79. The Hall–Kier alpha value is -1.03. The van der Waals surface area contributed by atoms with Crippen molar-refractivity contribution in [2.45, 2.75) is 16.1 Å². The smallest absolute Gasteiger partial charge is 0.244 e. The maximum atomic E-state index is 12.5. The molecule has 2 saturated heterocycles. The molecule has 0 N–H and O–H groups in total. The average Bonchev–Trinajstić information content (AvgIpc) is 2.70. The number of ether oxygens (including phenoxy) is 1. The summed E-state index contributed by atoms with van der Waals surface area (Å²) in [7, 11) is -5.46. The molecule has 1 aromatic heterocycles. The average molecular weight is 346 g/mol. The first-order valence-electron chi connectivity index (χ1n) is 6.95. The van der Waals surface area contributed by atoms with E-state index in [-0.39, 0.29) is 29.7 Å². The van der Waals surface area contributed by atoms with E-state index in [0.29, 0.717) is 13.0 Å². The number of sulfonamides is 1. The summed E-state index contributed by atoms with van der Waals surface area (Å²) < 4.78 is 55.1. The third-order valence-electron chi connectivity index (χ3n) is 4.63. The van der Waals surface area contributed by atoms with Crippen molar-refractivity contribution >= 4 is 19.9 Å². The fourth-order valence-electron chi connectivity index (χ4n) is 3.28. The number of sulfone groups is 1. The fourth-order valence-corrected chi connectivity index (χ4v) is 7.39. The summed E-state index contributed by atoms with van der Waals surface area (Å²) in [6, 6.07) is 3.01. The molecule has 0 saturated carbocycles. The lowest BCUT2D eigenvalue weighted by Crippen LogP contribution is -2.68. The van der Waals surface area contributed by atoms with E-state index in [2.05, 4.69) is 4.98 Å². The predicted octanol–water partition coefficient (Wildman–Crippen LogP) is -0.0942. The van der Waals surface area contributed by atoms with Crippen LogP contribution in [0.4, 0.5) is 0 Å². The van der Waals surface area contributed by atoms with Gasteiger partial charge in [-0.2, -0.15) is 4.31 Å². The number of pyridine rings is 1. The van der Waals surface area contributed by atoms with Gasteiger partial charge in [0.05, 0.1) is 12.4 Å². The lowest BCUT2D eigenvalue weighted by molar-refractivity contribution is 0.0867. The number of methoxy groups -OCH3 is 1. The van der Waals surface area contributed by atoms with Crippen LogP contribution in [0.2, 0.25) is 0 Å². The molecule has 1 spiro atoms. The molecule has 2 fully saturated rings. The standard InChI is InChI=1S/C13H18N2O5S2/c1-20-8-11-4-6-21(16,17)13(11)9-15(10-13)22(18,19)12-3-2-5-14-7-12/h2-3,5,7,11H,4,6,8-10H2,1H3. The van der Waals surface area contributed by atoms with Crippen LogP contribution in [-0.2, 0) is 24.6 Å². The summed E-state index contributed by atoms with van der Waals surface area (Å²) in [5.74, 6) is -0.0511. The molecular weight excluding hydrogens is 328 g/mol. The van der Waals surface area contributed by atoms with Gasteiger partial charge in [0, 0.05) is 38.5 Å². The summed E-state index contributed by atoms with van der Waals surface area (Å²) >= 11 is 0. The minimum absolute atomic E-state index is 0.000583. The molecule has 0 aromatic carbocycles. The van der Waals surface area contributed by atoms with E-state index in [1.807, 2.05) is 0 Å². The van der Waals surface area contributed by atoms with Gasteiger partial charge >= 0.3 is 0 Å². The Kier molecular flexibility index (Phi) is 3.79. The predicted molar refractivity (Wildman–Crippen MR) is 79.5 cm³/mol. The molecule has 0 aliphatic carbocycles. The largest absolute Gasteiger partial charge is 0.384 e. The molecule has 0 radical (unpaired) electrons. The third kappa shape index (κ3) is 2.18. The van der Waals surface area contributed by atoms with Crippen molar-refractivity contribution in [3.8, 4) is 0 Å². The highest BCUT2D eigenvalue weighted by Gasteiger charge is 2.63. The first kappa shape index (κ1) is 15.9. The number of hydrogen-bond donors (Lipinski definition) is 0. The van der Waals surface area contributed by atoms with Crippen LogP contribution in [-0.4, -0.2) is 63.4 Å². The first-order chi connectivity index (χ1) is 10.3. The van der Waals surface area contributed by atoms with Crippen LogP contribution < -0.4 is 0 Å². The molecule has 7 nitrogen and oxygen atoms in total. The summed E-state index contributed by atoms with van der Waals surface area (Å²) in [5.41, 5.74) is 0. The van der Waals surface area contributed by atoms with Crippen molar-refractivity contribution in [3.05, 3.63) is 24.5 Å². The third-order valence-corrected chi connectivity index (χ3v) is 9.01. The Bertz CT molecular complexity index is 755. The lowest BCUT2D eigenvalue weighted by Gasteiger charge is -2.48. The zero-order valence-electron chi connectivity index (χ0n) is 12.2. The zero-order chi connectivity index (χ0) is 16.0. The van der Waals surface area contributed by atoms with Gasteiger partial charge in [0.15, 0.2) is 9.84 Å². The molecule has 1 aromatic rings. The van der Waals surface area contributed by atoms with Crippen molar-refractivity contribution < 1.29 is 21.6 Å². The minimum Gasteiger partial charge on any atom is -0.384 e. The van der Waals surface area contributed by atoms with E-state index >= 15 is 0 Å². The summed E-state index contributed by atoms with van der Waals surface area (Å²) in [5, 5.41) is 0. The highest BCUT2D eigenvalue weighted by atomic mass is 32.2. The van der Waals surface area contributed by atoms with E-state index in [9.17, 15) is 16.8 Å². The van der Waals surface area contributed by atoms with Gasteiger partial charge in [0.2, 0.25) is 10.0 Å². The second kappa shape index (κ2) is 5.26. The SMILES string of the molecule is COCC1CCS(=O)(=O)C12CN(S(=O)(=O)c1cccnc1)C2. The number of rotatable bonds is 4. The van der Waals surface area contributed by atoms with Crippen LogP contribution in [0.5, 0.6) is 0 Å². The lowest BCUT2D eigenvalue weighted by atomic mass is 9.85. The van der Waals surface area contributed by atoms with Crippen molar-refractivity contribution in [2.75, 3.05) is 32.6 Å². The van der Waals surface area contributed by atoms with Crippen LogP contribution in [0, 0.1) is 5.92 Å². The fraction of sp³-hybridized carbons (Fsp3) is 0.615. The molecule has 1 atom stereocenters. The van der Waals surface area contributed by atoms with E-state index in [1.165, 1.54) is 29.9 Å². The molecule has 2 aliphatic rings. The monoisotopic (exact) mass is 346 g/mol. The number of aromatic nitrogens is 1. The maximum Gasteiger partial charge on any atom is 0.244 e. The van der Waals surface area contributed by atoms with Gasteiger partial charge in [-0.05, 0) is 18.6 Å². The van der Waals surface area contributed by atoms with Gasteiger partial charge in [0.1, 0.15) is 9.64 Å². The van der Waals surface area contributed by atoms with Crippen molar-refractivity contribution in [3.63, 3.8) is 0 Å². The number of hydrogen-bond acceptors (Lipinski definition) is 6. The normalized spacial score (nSPS) is 26.9. The van der Waals surface area contributed by atoms with Gasteiger partial charge in [0.25, 0.3) is 0 Å². The van der Waals surface area contributed by atoms with Gasteiger partial charge < -0.3 is 4.74 Å². The van der Waals surface area contributed by atoms with Crippen LogP contribution in [0.15, 0.2) is 29.4 Å². The zero-order valence-corrected chi connectivity index (χ0v) is 13.8. The Morgan fingerprint density at radius 3 is 2.77 bits per heavy atom. The molecule has 1 unspecified atom stereocenters. The number of nitrogens with zero attached hydrogens (tertiary/aromatic N) is 2. The van der Waals surface area contributed by atoms with E-state index < -0.39 is 24.6 Å². The summed E-state index contributed by atoms with van der Waals surface area (Å²) in [4.78, 5) is 3.90. The molecule has 3 heterocycles. The van der Waals surface area contributed by atoms with E-state index in [4.69, 9.17) is 4.74 Å². The van der Waals surface area contributed by atoms with Crippen LogP contribution in [0.3, 0.4) is 0 Å². The van der Waals surface area contributed by atoms with Crippen molar-refractivity contribution in [2.24, 2.45) is 5.92 Å². The van der Waals surface area contributed by atoms with E-state index in [1.54, 1.807) is 6.07 Å². The Balaban J connectivity index is 1.86. The maximum absolute atomic E-state index is 12.5. The summed E-state index contributed by atoms with van der Waals surface area (Å²) in [6.07, 6.45) is 3.29. The van der Waals surface area contributed by atoms with Crippen molar-refractivity contribution in [1.29, 1.82) is 0 Å². The molecule has 2 aliphatic heterocycles. The molecule has 3 rings (SSSR count). The Labute approximate surface area is 130 Å². The minimum atomic E-state index is -3.69. The summed E-state index contributed by atoms with van der Waals surface area (Å²) in [6.45, 7) is 0.335. The van der Waals surface area contributed by atoms with E-state index in [0.717, 1.165) is 0 Å². The topological polar surface area (TPSA) is 93.6 Å². The van der Waals surface area contributed by atoms with Gasteiger partial charge in [-0.25, -0.2) is 16.8 Å². The molecular formula is C13H18N2O5S2. The Morgan fingerprint density at radius 2 is 2.18 bits per heavy atom. The van der Waals surface area contributed by atoms with Crippen LogP contribution in [0.1, 0.15) is 6.42 Å². The molecule has 122 valence electrons. The molecule has 9 heteroatoms. The molecule has 0 bridgehead atoms. The van der Waals surface area contributed by atoms with Gasteiger partial charge in [-0.3, -0.25) is 4.98 Å². The Morgan fingerprint density at radius 1 is 1.45 bits per heavy atom. The van der Waals surface area contributed by atoms with Crippen LogP contribution >= 0.6 is 0 Å². The molecule has 22 heavy (non-hydrogen) atoms. The quantitative estimate of drug-likeness (QED) is 0.756. The highest BCUT2D eigenvalue weighted by molar-refractivity contribution is 7.93. The van der Waals surface area contributed by atoms with Gasteiger partial charge in [-0.15, -0.1) is 0 Å². The van der Waals surface area contributed by atoms with Crippen LogP contribution in [0.25, 0.3) is 0 Å².